The number of H-pyrrole nitrogens is 1. The van der Waals surface area contributed by atoms with Crippen LogP contribution in [0.25, 0.3) is 0 Å². The fourth-order valence-electron chi connectivity index (χ4n) is 4.24. The van der Waals surface area contributed by atoms with Crippen molar-refractivity contribution in [1.29, 1.82) is 0 Å². The molecule has 1 aromatic heterocycles. The van der Waals surface area contributed by atoms with E-state index in [0.29, 0.717) is 0 Å². The van der Waals surface area contributed by atoms with E-state index in [1.807, 2.05) is 0 Å². The molecule has 2 aromatic carbocycles. The Morgan fingerprint density at radius 1 is 1.00 bits per heavy atom. The number of alkyl halides is 2. The molecule has 22 heteroatoms. The number of phosphoric acid groups is 2. The Hall–Kier alpha value is -2.12. The van der Waals surface area contributed by atoms with E-state index in [1.165, 1.54) is 61.7 Å². The number of aryl methyl sites for hydroxylation is 1. The van der Waals surface area contributed by atoms with Crippen LogP contribution in [0.3, 0.4) is 0 Å². The zero-order chi connectivity index (χ0) is 34.4. The molecule has 0 radical (unpaired) electrons. The Bertz CT molecular complexity index is 1850. The number of aromatic nitrogens is 2. The molecule has 0 spiro atoms. The second kappa shape index (κ2) is 17.7. The molecule has 256 valence electrons. The van der Waals surface area contributed by atoms with Gasteiger partial charge in [-0.05, 0) is 31.2 Å². The van der Waals surface area contributed by atoms with Gasteiger partial charge in [-0.25, -0.2) is 13.9 Å². The molecule has 17 nitrogen and oxygen atoms in total. The number of amides is 2. The summed E-state index contributed by atoms with van der Waals surface area (Å²) in [5.41, 5.74) is -0.770. The van der Waals surface area contributed by atoms with Crippen molar-refractivity contribution in [3.63, 3.8) is 0 Å². The number of nitrogens with zero attached hydrogens (tertiary/aromatic N) is 1. The molecule has 5 atom stereocenters. The molecule has 48 heavy (non-hydrogen) atoms. The summed E-state index contributed by atoms with van der Waals surface area (Å²) < 4.78 is 53.6. The number of nitrogens with one attached hydrogen (secondary N) is 3. The molecule has 0 saturated carbocycles. The average molecular weight is 850 g/mol. The molecule has 1 aliphatic rings. The monoisotopic (exact) mass is 848 g/mol. The predicted molar refractivity (Wildman–Crippen MR) is 175 cm³/mol. The van der Waals surface area contributed by atoms with Crippen molar-refractivity contribution in [2.75, 3.05) is 27.9 Å². The summed E-state index contributed by atoms with van der Waals surface area (Å²) in [5, 5.41) is 5.11. The van der Waals surface area contributed by atoms with E-state index in [2.05, 4.69) is 47.5 Å². The van der Waals surface area contributed by atoms with Crippen molar-refractivity contribution >= 4 is 70.7 Å². The number of ether oxygens (including phenoxy) is 1. The molecule has 5 unspecified atom stereocenters. The van der Waals surface area contributed by atoms with Gasteiger partial charge >= 0.3 is 50.9 Å². The molecule has 2 heterocycles. The van der Waals surface area contributed by atoms with E-state index in [0.717, 1.165) is 4.57 Å². The second-order valence-electron chi connectivity index (χ2n) is 9.82. The van der Waals surface area contributed by atoms with Gasteiger partial charge in [-0.3, -0.25) is 42.8 Å². The second-order valence-corrected chi connectivity index (χ2v) is 13.7. The van der Waals surface area contributed by atoms with Crippen LogP contribution >= 0.6 is 47.5 Å². The predicted octanol–water partition coefficient (Wildman–Crippen LogP) is 0.676. The van der Waals surface area contributed by atoms with Gasteiger partial charge in [0.25, 0.3) is 5.56 Å². The first kappa shape index (κ1) is 40.3. The van der Waals surface area contributed by atoms with Gasteiger partial charge in [0.05, 0.1) is 17.3 Å². The number of halogens is 2. The van der Waals surface area contributed by atoms with Gasteiger partial charge in [-0.1, -0.05) is 44.0 Å². The van der Waals surface area contributed by atoms with Crippen LogP contribution in [0, 0.1) is 6.92 Å². The third-order valence-electron chi connectivity index (χ3n) is 6.23. The van der Waals surface area contributed by atoms with Crippen molar-refractivity contribution in [3.8, 4) is 11.5 Å². The quantitative estimate of drug-likeness (QED) is 0.0855. The van der Waals surface area contributed by atoms with Crippen LogP contribution in [-0.4, -0.2) is 60.6 Å². The number of hydrogen-bond donors (Lipinski definition) is 5. The summed E-state index contributed by atoms with van der Waals surface area (Å²) in [6, 6.07) is 11.2. The maximum Gasteiger partial charge on any atom is 1.00 e. The van der Waals surface area contributed by atoms with Crippen LogP contribution in [0.2, 0.25) is 0 Å². The van der Waals surface area contributed by atoms with Crippen molar-refractivity contribution in [3.05, 3.63) is 81.1 Å². The molecule has 0 bridgehead atoms. The summed E-state index contributed by atoms with van der Waals surface area (Å²) in [4.78, 5) is 71.0. The fourth-order valence-corrected chi connectivity index (χ4v) is 6.27. The molecule has 1 aliphatic heterocycles. The molecule has 4 rings (SSSR count). The Balaban J connectivity index is 0.00000417. The molecule has 3 aromatic rings. The number of phosphoric ester groups is 2. The molecule has 2 amide bonds. The van der Waals surface area contributed by atoms with Crippen LogP contribution < -0.4 is 60.5 Å². The maximum atomic E-state index is 13.1. The van der Waals surface area contributed by atoms with E-state index in [9.17, 15) is 38.1 Å². The molecule has 0 aliphatic carbocycles. The molecular formula is C26H29Br2N4NaO13P2. The number of benzene rings is 2. The smallest absolute Gasteiger partial charge is 1.00 e. The van der Waals surface area contributed by atoms with Gasteiger partial charge in [-0.2, -0.15) is 0 Å². The number of hydrogen-bond acceptors (Lipinski definition) is 11. The van der Waals surface area contributed by atoms with E-state index in [-0.39, 0.29) is 88.3 Å². The zero-order valence-corrected chi connectivity index (χ0v) is 32.2. The van der Waals surface area contributed by atoms with Gasteiger partial charge in [0.15, 0.2) is 0 Å². The zero-order valence-electron chi connectivity index (χ0n) is 26.2. The first-order chi connectivity index (χ1) is 22.2. The Morgan fingerprint density at radius 2 is 1.54 bits per heavy atom. The number of carbonyl (C=O) groups is 2. The third kappa shape index (κ3) is 11.7. The number of carbonyl (C=O) groups excluding carboxylic acids is 2. The van der Waals surface area contributed by atoms with Gasteiger partial charge in [-0.15, -0.1) is 0 Å². The topological polar surface area (TPSA) is 234 Å². The summed E-state index contributed by atoms with van der Waals surface area (Å²) in [6.45, 7) is 0.711. The Morgan fingerprint density at radius 3 is 2.08 bits per heavy atom. The summed E-state index contributed by atoms with van der Waals surface area (Å²) >= 11 is 6.03. The van der Waals surface area contributed by atoms with E-state index >= 15 is 0 Å². The molecule has 5 N–H and O–H groups in total. The van der Waals surface area contributed by atoms with Gasteiger partial charge in [0.2, 0.25) is 11.8 Å². The minimum absolute atomic E-state index is 0. The molecule has 1 saturated heterocycles. The Kier molecular flexibility index (Phi) is 14.9. The minimum atomic E-state index is -4.95. The van der Waals surface area contributed by atoms with Crippen molar-refractivity contribution < 1.29 is 82.3 Å². The minimum Gasteiger partial charge on any atom is -1.00 e. The Labute approximate surface area is 312 Å². The summed E-state index contributed by atoms with van der Waals surface area (Å²) in [5.74, 6) is -1.02. The normalized spacial score (nSPS) is 19.6. The van der Waals surface area contributed by atoms with Crippen molar-refractivity contribution in [2.24, 2.45) is 0 Å². The van der Waals surface area contributed by atoms with Crippen LogP contribution in [0.4, 0.5) is 11.4 Å². The van der Waals surface area contributed by atoms with E-state index in [4.69, 9.17) is 22.8 Å². The number of aromatic amines is 1. The average Bonchev–Trinajstić information content (AvgIpc) is 3.39. The third-order valence-corrected chi connectivity index (χ3v) is 9.14. The molecule has 1 fully saturated rings. The van der Waals surface area contributed by atoms with Crippen molar-refractivity contribution in [1.82, 2.24) is 9.55 Å². The van der Waals surface area contributed by atoms with Gasteiger partial charge in [0.1, 0.15) is 29.9 Å². The summed E-state index contributed by atoms with van der Waals surface area (Å²) in [7, 11) is -9.82. The molecular weight excluding hydrogens is 821 g/mol. The van der Waals surface area contributed by atoms with Gasteiger partial charge in [0, 0.05) is 41.7 Å². The maximum absolute atomic E-state index is 13.1. The van der Waals surface area contributed by atoms with Gasteiger partial charge < -0.3 is 25.8 Å². The number of rotatable bonds is 14. The fraction of sp³-hybridized carbons (Fsp3) is 0.308. The van der Waals surface area contributed by atoms with Crippen LogP contribution in [0.15, 0.2) is 64.3 Å². The van der Waals surface area contributed by atoms with Crippen LogP contribution in [0.1, 0.15) is 19.6 Å². The standard InChI is InChI=1S/C26H28Br2N4O13P2.Na.H/c1-15-13-32(26(36)31-25(15)35)24-10-20(45-47(39,40)44-19-7-3-5-17(9-19)30-23(34)12-28)21(42-24)14-41-46(37,38)43-18-6-2-4-16(8-18)29-22(33)11-27;;/h2-9,13,20-21,24H,10-12,14H2,1H3,(H,29,33)(H,30,34)(H,37,38)(H,39,40)(H,31,35,36);;/q;+1;-1. The summed E-state index contributed by atoms with van der Waals surface area (Å²) in [6.07, 6.45) is -2.93. The first-order valence-corrected chi connectivity index (χ1v) is 18.7. The first-order valence-electron chi connectivity index (χ1n) is 13.4. The van der Waals surface area contributed by atoms with E-state index in [1.54, 1.807) is 0 Å². The SMILES string of the molecule is Cc1cn(C2CC(OP(=O)(O)Oc3cccc(NC(=O)CBr)c3)C(COP(=O)(O)Oc3cccc(NC(=O)CBr)c3)O2)c(=O)[nH]c1=O.[H-].[Na+]. The van der Waals surface area contributed by atoms with Crippen LogP contribution in [0.5, 0.6) is 11.5 Å². The van der Waals surface area contributed by atoms with Crippen molar-refractivity contribution in [2.45, 2.75) is 31.8 Å². The number of anilines is 2. The largest absolute Gasteiger partial charge is 1.00 e. The van der Waals surface area contributed by atoms with E-state index < -0.39 is 51.9 Å². The van der Waals surface area contributed by atoms with Crippen LogP contribution in [-0.2, 0) is 32.5 Å².